The number of ether oxygens (including phenoxy) is 2. The number of nitrogens with zero attached hydrogens (tertiary/aromatic N) is 4. The second-order valence-corrected chi connectivity index (χ2v) is 12.0. The van der Waals surface area contributed by atoms with E-state index < -0.39 is 11.2 Å². The van der Waals surface area contributed by atoms with Crippen molar-refractivity contribution < 1.29 is 19.1 Å². The van der Waals surface area contributed by atoms with E-state index in [1.165, 1.54) is 0 Å². The van der Waals surface area contributed by atoms with Gasteiger partial charge in [0.2, 0.25) is 0 Å². The van der Waals surface area contributed by atoms with E-state index in [0.717, 1.165) is 35.1 Å². The molecule has 1 atom stereocenters. The molecular weight excluding hydrogens is 472 g/mol. The fraction of sp³-hybridized carbons (Fsp3) is 0.583. The van der Waals surface area contributed by atoms with Crippen LogP contribution in [0.5, 0.6) is 0 Å². The van der Waals surface area contributed by atoms with E-state index in [-0.39, 0.29) is 12.2 Å². The maximum atomic E-state index is 11.9. The van der Waals surface area contributed by atoms with Crippen molar-refractivity contribution in [3.05, 3.63) is 39.2 Å². The smallest absolute Gasteiger partial charge is 0.410 e. The molecule has 0 aliphatic carbocycles. The number of aromatic nitrogens is 2. The Bertz CT molecular complexity index is 950. The molecule has 4 rings (SSSR count). The standard InChI is InChI=1S/C12H18N2O2S.C12H16N2O2S/c2*1-12(2,3)16-11(15)14-6-4-9(8-14)10-13-5-7-17-10/h5,7,9H,4,6,8H2,1-3H3;4-5,7H,6,8H2,1-3H3. The monoisotopic (exact) mass is 506 g/mol. The molecule has 0 radical (unpaired) electrons. The van der Waals surface area contributed by atoms with Gasteiger partial charge in [0.1, 0.15) is 16.2 Å². The minimum absolute atomic E-state index is 0.212. The minimum atomic E-state index is -0.443. The summed E-state index contributed by atoms with van der Waals surface area (Å²) in [6.07, 6.45) is 6.12. The predicted molar refractivity (Wildman–Crippen MR) is 135 cm³/mol. The van der Waals surface area contributed by atoms with E-state index in [1.807, 2.05) is 64.6 Å². The van der Waals surface area contributed by atoms with Gasteiger partial charge in [0, 0.05) is 54.3 Å². The Morgan fingerprint density at radius 1 is 0.941 bits per heavy atom. The quantitative estimate of drug-likeness (QED) is 0.524. The molecule has 4 heterocycles. The van der Waals surface area contributed by atoms with Gasteiger partial charge in [-0.2, -0.15) is 0 Å². The molecule has 0 spiro atoms. The molecule has 0 aromatic carbocycles. The number of hydrogen-bond acceptors (Lipinski definition) is 8. The minimum Gasteiger partial charge on any atom is -0.444 e. The Hall–Kier alpha value is -2.46. The zero-order valence-corrected chi connectivity index (χ0v) is 22.4. The summed E-state index contributed by atoms with van der Waals surface area (Å²) in [5.74, 6) is 0.377. The molecule has 2 aromatic heterocycles. The molecule has 0 N–H and O–H groups in total. The topological polar surface area (TPSA) is 84.9 Å². The van der Waals surface area contributed by atoms with Crippen LogP contribution in [-0.4, -0.2) is 69.3 Å². The molecule has 1 fully saturated rings. The first-order valence-corrected chi connectivity index (χ1v) is 13.1. The molecule has 2 aromatic rings. The van der Waals surface area contributed by atoms with Gasteiger partial charge in [-0.3, -0.25) is 0 Å². The van der Waals surface area contributed by atoms with Gasteiger partial charge < -0.3 is 19.3 Å². The van der Waals surface area contributed by atoms with Gasteiger partial charge in [-0.1, -0.05) is 6.08 Å². The first-order chi connectivity index (χ1) is 15.9. The number of amides is 2. The highest BCUT2D eigenvalue weighted by Gasteiger charge is 2.31. The molecule has 1 saturated heterocycles. The van der Waals surface area contributed by atoms with Crippen LogP contribution in [0.15, 0.2) is 29.2 Å². The number of carbonyl (C=O) groups is 2. The van der Waals surface area contributed by atoms with Crippen molar-refractivity contribution in [2.45, 2.75) is 65.1 Å². The summed E-state index contributed by atoms with van der Waals surface area (Å²) in [6, 6.07) is 0. The molecule has 186 valence electrons. The summed E-state index contributed by atoms with van der Waals surface area (Å²) in [7, 11) is 0. The van der Waals surface area contributed by atoms with Gasteiger partial charge in [0.25, 0.3) is 0 Å². The Morgan fingerprint density at radius 3 is 2.12 bits per heavy atom. The fourth-order valence-corrected chi connectivity index (χ4v) is 4.89. The summed E-state index contributed by atoms with van der Waals surface area (Å²) in [6.45, 7) is 14.0. The van der Waals surface area contributed by atoms with E-state index in [4.69, 9.17) is 9.47 Å². The van der Waals surface area contributed by atoms with Gasteiger partial charge in [-0.05, 0) is 48.0 Å². The number of carbonyl (C=O) groups excluding carboxylic acids is 2. The molecule has 10 heteroatoms. The third-order valence-electron chi connectivity index (χ3n) is 4.92. The highest BCUT2D eigenvalue weighted by Crippen LogP contribution is 2.29. The van der Waals surface area contributed by atoms with Crippen molar-refractivity contribution in [3.8, 4) is 0 Å². The second-order valence-electron chi connectivity index (χ2n) is 10.2. The van der Waals surface area contributed by atoms with Crippen molar-refractivity contribution >= 4 is 40.4 Å². The third kappa shape index (κ3) is 7.80. The first-order valence-electron chi connectivity index (χ1n) is 11.4. The average Bonchev–Trinajstić information content (AvgIpc) is 3.54. The van der Waals surface area contributed by atoms with Crippen LogP contribution in [0.2, 0.25) is 0 Å². The highest BCUT2D eigenvalue weighted by atomic mass is 32.1. The zero-order chi connectivity index (χ0) is 24.9. The van der Waals surface area contributed by atoms with Crippen molar-refractivity contribution in [2.75, 3.05) is 26.2 Å². The molecule has 8 nitrogen and oxygen atoms in total. The lowest BCUT2D eigenvalue weighted by molar-refractivity contribution is 0.0287. The van der Waals surface area contributed by atoms with Crippen LogP contribution in [0, 0.1) is 0 Å². The fourth-order valence-electron chi connectivity index (χ4n) is 3.45. The molecule has 34 heavy (non-hydrogen) atoms. The molecular formula is C24H34N4O4S2. The summed E-state index contributed by atoms with van der Waals surface area (Å²) in [5, 5.41) is 6.02. The molecule has 0 saturated carbocycles. The normalized spacial score (nSPS) is 18.3. The van der Waals surface area contributed by atoms with Crippen LogP contribution in [0.4, 0.5) is 9.59 Å². The van der Waals surface area contributed by atoms with Crippen molar-refractivity contribution in [1.82, 2.24) is 19.8 Å². The molecule has 2 amide bonds. The van der Waals surface area contributed by atoms with E-state index >= 15 is 0 Å². The Kier molecular flexibility index (Phi) is 8.35. The zero-order valence-electron chi connectivity index (χ0n) is 20.7. The number of rotatable bonds is 2. The van der Waals surface area contributed by atoms with E-state index in [1.54, 1.807) is 38.7 Å². The van der Waals surface area contributed by atoms with Gasteiger partial charge in [-0.15, -0.1) is 22.7 Å². The number of hydrogen-bond donors (Lipinski definition) is 0. The van der Waals surface area contributed by atoms with Crippen LogP contribution in [0.1, 0.15) is 63.9 Å². The van der Waals surface area contributed by atoms with Gasteiger partial charge in [0.05, 0.1) is 11.6 Å². The van der Waals surface area contributed by atoms with Gasteiger partial charge >= 0.3 is 12.2 Å². The second kappa shape index (κ2) is 10.9. The Balaban J connectivity index is 0.000000191. The first kappa shape index (κ1) is 26.2. The lowest BCUT2D eigenvalue weighted by Gasteiger charge is -2.24. The third-order valence-corrected chi connectivity index (χ3v) is 6.71. The molecule has 2 aliphatic heterocycles. The van der Waals surface area contributed by atoms with Crippen LogP contribution >= 0.6 is 22.7 Å². The van der Waals surface area contributed by atoms with E-state index in [0.29, 0.717) is 19.0 Å². The summed E-state index contributed by atoms with van der Waals surface area (Å²) >= 11 is 3.25. The van der Waals surface area contributed by atoms with Crippen molar-refractivity contribution in [1.29, 1.82) is 0 Å². The van der Waals surface area contributed by atoms with Crippen LogP contribution in [0.25, 0.3) is 5.57 Å². The van der Waals surface area contributed by atoms with E-state index in [2.05, 4.69) is 9.97 Å². The largest absolute Gasteiger partial charge is 0.444 e. The SMILES string of the molecule is CC(C)(C)OC(=O)N1CC=C(c2nccs2)C1.CC(C)(C)OC(=O)N1CCC(c2nccs2)C1. The average molecular weight is 507 g/mol. The summed E-state index contributed by atoms with van der Waals surface area (Å²) in [5.41, 5.74) is 0.239. The lowest BCUT2D eigenvalue weighted by atomic mass is 10.1. The maximum absolute atomic E-state index is 11.9. The van der Waals surface area contributed by atoms with Crippen molar-refractivity contribution in [3.63, 3.8) is 0 Å². The van der Waals surface area contributed by atoms with E-state index in [9.17, 15) is 9.59 Å². The Morgan fingerprint density at radius 2 is 1.56 bits per heavy atom. The molecule has 1 unspecified atom stereocenters. The number of thiazole rings is 2. The summed E-state index contributed by atoms with van der Waals surface area (Å²) in [4.78, 5) is 35.7. The van der Waals surface area contributed by atoms with Crippen LogP contribution in [-0.2, 0) is 9.47 Å². The molecule has 0 bridgehead atoms. The van der Waals surface area contributed by atoms with Crippen LogP contribution in [0.3, 0.4) is 0 Å². The predicted octanol–water partition coefficient (Wildman–Crippen LogP) is 5.64. The highest BCUT2D eigenvalue weighted by molar-refractivity contribution is 7.10. The van der Waals surface area contributed by atoms with Gasteiger partial charge in [0.15, 0.2) is 0 Å². The molecule has 2 aliphatic rings. The number of likely N-dealkylation sites (tertiary alicyclic amines) is 1. The van der Waals surface area contributed by atoms with Gasteiger partial charge in [-0.25, -0.2) is 19.6 Å². The summed E-state index contributed by atoms with van der Waals surface area (Å²) < 4.78 is 10.7. The Labute approximate surface area is 209 Å². The van der Waals surface area contributed by atoms with Crippen molar-refractivity contribution in [2.24, 2.45) is 0 Å². The maximum Gasteiger partial charge on any atom is 0.410 e. The lowest BCUT2D eigenvalue weighted by Crippen LogP contribution is -2.35. The van der Waals surface area contributed by atoms with Crippen LogP contribution < -0.4 is 0 Å².